The molecule has 0 saturated carbocycles. The van der Waals surface area contributed by atoms with Crippen molar-refractivity contribution in [3.63, 3.8) is 0 Å². The number of pyridine rings is 1. The van der Waals surface area contributed by atoms with Crippen molar-refractivity contribution in [2.45, 2.75) is 6.54 Å². The minimum atomic E-state index is 0.458. The number of nitriles is 1. The van der Waals surface area contributed by atoms with Crippen LogP contribution in [-0.4, -0.2) is 4.98 Å². The second-order valence-corrected chi connectivity index (χ2v) is 4.46. The summed E-state index contributed by atoms with van der Waals surface area (Å²) in [4.78, 5) is 5.06. The molecule has 2 aromatic rings. The quantitative estimate of drug-likeness (QED) is 0.850. The lowest BCUT2D eigenvalue weighted by atomic mass is 10.3. The van der Waals surface area contributed by atoms with E-state index in [1.165, 1.54) is 0 Å². The lowest BCUT2D eigenvalue weighted by Crippen LogP contribution is -1.98. The maximum Gasteiger partial charge on any atom is 0.152 e. The fourth-order valence-electron chi connectivity index (χ4n) is 1.23. The van der Waals surface area contributed by atoms with Crippen molar-refractivity contribution in [1.82, 2.24) is 4.98 Å². The zero-order valence-electron chi connectivity index (χ0n) is 8.27. The molecule has 80 valence electrons. The molecule has 1 N–H and O–H groups in total. The molecule has 2 rings (SSSR count). The van der Waals surface area contributed by atoms with Crippen LogP contribution < -0.4 is 5.32 Å². The molecule has 0 bridgehead atoms. The average molecular weight is 250 g/mol. The molecule has 5 heteroatoms. The van der Waals surface area contributed by atoms with Gasteiger partial charge in [-0.2, -0.15) is 5.26 Å². The Morgan fingerprint density at radius 2 is 2.44 bits per heavy atom. The standard InChI is InChI=1S/C11H8ClN3S/c12-11-10(2-1-3-14-11)15-6-9-4-8(5-13)7-16-9/h1-4,7,15H,6H2. The molecule has 3 nitrogen and oxygen atoms in total. The van der Waals surface area contributed by atoms with Gasteiger partial charge in [0.25, 0.3) is 0 Å². The summed E-state index contributed by atoms with van der Waals surface area (Å²) in [6.07, 6.45) is 1.65. The Kier molecular flexibility index (Phi) is 3.40. The molecule has 0 saturated heterocycles. The van der Waals surface area contributed by atoms with Gasteiger partial charge in [0.05, 0.1) is 11.3 Å². The Balaban J connectivity index is 2.03. The average Bonchev–Trinajstić information content (AvgIpc) is 2.76. The maximum absolute atomic E-state index is 8.69. The van der Waals surface area contributed by atoms with E-state index in [4.69, 9.17) is 16.9 Å². The molecule has 16 heavy (non-hydrogen) atoms. The molecule has 0 atom stereocenters. The first-order valence-corrected chi connectivity index (χ1v) is 5.87. The number of rotatable bonds is 3. The van der Waals surface area contributed by atoms with Gasteiger partial charge in [0.2, 0.25) is 0 Å². The van der Waals surface area contributed by atoms with E-state index in [-0.39, 0.29) is 0 Å². The third-order valence-electron chi connectivity index (χ3n) is 2.00. The molecule has 2 aromatic heterocycles. The Hall–Kier alpha value is -1.57. The second-order valence-electron chi connectivity index (χ2n) is 3.11. The van der Waals surface area contributed by atoms with Gasteiger partial charge >= 0.3 is 0 Å². The van der Waals surface area contributed by atoms with Gasteiger partial charge in [-0.25, -0.2) is 4.98 Å². The largest absolute Gasteiger partial charge is 0.378 e. The first-order valence-electron chi connectivity index (χ1n) is 4.61. The summed E-state index contributed by atoms with van der Waals surface area (Å²) in [7, 11) is 0. The van der Waals surface area contributed by atoms with Gasteiger partial charge in [0.1, 0.15) is 6.07 Å². The highest BCUT2D eigenvalue weighted by Crippen LogP contribution is 2.20. The van der Waals surface area contributed by atoms with Gasteiger partial charge in [-0.3, -0.25) is 0 Å². The van der Waals surface area contributed by atoms with Crippen LogP contribution in [0.25, 0.3) is 0 Å². The molecular formula is C11H8ClN3S. The van der Waals surface area contributed by atoms with Crippen molar-refractivity contribution >= 4 is 28.6 Å². The van der Waals surface area contributed by atoms with Gasteiger partial charge in [0, 0.05) is 23.0 Å². The van der Waals surface area contributed by atoms with Gasteiger partial charge < -0.3 is 5.32 Å². The number of thiophene rings is 1. The van der Waals surface area contributed by atoms with Gasteiger partial charge in [0.15, 0.2) is 5.15 Å². The van der Waals surface area contributed by atoms with Crippen LogP contribution in [0.3, 0.4) is 0 Å². The van der Waals surface area contributed by atoms with Crippen LogP contribution in [0.4, 0.5) is 5.69 Å². The number of hydrogen-bond acceptors (Lipinski definition) is 4. The van der Waals surface area contributed by atoms with Crippen LogP contribution in [0.5, 0.6) is 0 Å². The first kappa shape index (κ1) is 10.9. The molecule has 0 unspecified atom stereocenters. The molecule has 0 spiro atoms. The van der Waals surface area contributed by atoms with Gasteiger partial charge in [-0.05, 0) is 18.2 Å². The van der Waals surface area contributed by atoms with E-state index in [1.54, 1.807) is 17.5 Å². The summed E-state index contributed by atoms with van der Waals surface area (Å²) in [6, 6.07) is 7.66. The van der Waals surface area contributed by atoms with Gasteiger partial charge in [-0.15, -0.1) is 11.3 Å². The summed E-state index contributed by atoms with van der Waals surface area (Å²) in [5, 5.41) is 14.2. The summed E-state index contributed by atoms with van der Waals surface area (Å²) < 4.78 is 0. The second kappa shape index (κ2) is 4.97. The monoisotopic (exact) mass is 249 g/mol. The summed E-state index contributed by atoms with van der Waals surface area (Å²) in [6.45, 7) is 0.651. The zero-order chi connectivity index (χ0) is 11.4. The van der Waals surface area contributed by atoms with E-state index in [2.05, 4.69) is 16.4 Å². The van der Waals surface area contributed by atoms with Gasteiger partial charge in [-0.1, -0.05) is 11.6 Å². The number of nitrogens with one attached hydrogen (secondary N) is 1. The summed E-state index contributed by atoms with van der Waals surface area (Å²) >= 11 is 7.45. The number of aromatic nitrogens is 1. The normalized spacial score (nSPS) is 9.75. The van der Waals surface area contributed by atoms with E-state index in [0.717, 1.165) is 10.6 Å². The predicted octanol–water partition coefficient (Wildman–Crippen LogP) is 3.28. The summed E-state index contributed by atoms with van der Waals surface area (Å²) in [5.74, 6) is 0. The van der Waals surface area contributed by atoms with Crippen LogP contribution in [0.15, 0.2) is 29.8 Å². The number of nitrogens with zero attached hydrogens (tertiary/aromatic N) is 2. The smallest absolute Gasteiger partial charge is 0.152 e. The Morgan fingerprint density at radius 1 is 1.56 bits per heavy atom. The van der Waals surface area contributed by atoms with Crippen molar-refractivity contribution in [2.75, 3.05) is 5.32 Å². The number of hydrogen-bond donors (Lipinski definition) is 1. The first-order chi connectivity index (χ1) is 7.79. The Morgan fingerprint density at radius 3 is 3.12 bits per heavy atom. The van der Waals surface area contributed by atoms with Crippen LogP contribution in [0.1, 0.15) is 10.4 Å². The van der Waals surface area contributed by atoms with E-state index < -0.39 is 0 Å². The van der Waals surface area contributed by atoms with Crippen LogP contribution in [0.2, 0.25) is 5.15 Å². The van der Waals surface area contributed by atoms with Crippen LogP contribution >= 0.6 is 22.9 Å². The fraction of sp³-hybridized carbons (Fsp3) is 0.0909. The molecule has 0 aliphatic rings. The SMILES string of the molecule is N#Cc1csc(CNc2cccnc2Cl)c1. The fourth-order valence-corrected chi connectivity index (χ4v) is 2.17. The lowest BCUT2D eigenvalue weighted by Gasteiger charge is -2.05. The Bertz CT molecular complexity index is 530. The highest BCUT2D eigenvalue weighted by Gasteiger charge is 2.01. The third-order valence-corrected chi connectivity index (χ3v) is 3.23. The highest BCUT2D eigenvalue weighted by atomic mass is 35.5. The topological polar surface area (TPSA) is 48.7 Å². The van der Waals surface area contributed by atoms with Crippen LogP contribution in [0, 0.1) is 11.3 Å². The predicted molar refractivity (Wildman–Crippen MR) is 65.6 cm³/mol. The van der Waals surface area contributed by atoms with Crippen LogP contribution in [-0.2, 0) is 6.54 Å². The number of anilines is 1. The van der Waals surface area contributed by atoms with Crippen molar-refractivity contribution in [2.24, 2.45) is 0 Å². The van der Waals surface area contributed by atoms with E-state index in [9.17, 15) is 0 Å². The highest BCUT2D eigenvalue weighted by molar-refractivity contribution is 7.10. The minimum Gasteiger partial charge on any atom is -0.378 e. The van der Waals surface area contributed by atoms with E-state index in [0.29, 0.717) is 17.3 Å². The van der Waals surface area contributed by atoms with Crippen molar-refractivity contribution < 1.29 is 0 Å². The molecule has 0 fully saturated rings. The van der Waals surface area contributed by atoms with Crippen molar-refractivity contribution in [3.05, 3.63) is 45.4 Å². The lowest BCUT2D eigenvalue weighted by molar-refractivity contribution is 1.17. The molecule has 2 heterocycles. The molecule has 0 amide bonds. The number of halogens is 1. The molecule has 0 aliphatic carbocycles. The minimum absolute atomic E-state index is 0.458. The Labute approximate surface area is 102 Å². The summed E-state index contributed by atoms with van der Waals surface area (Å²) in [5.41, 5.74) is 1.50. The third kappa shape index (κ3) is 2.51. The van der Waals surface area contributed by atoms with E-state index >= 15 is 0 Å². The molecule has 0 aromatic carbocycles. The van der Waals surface area contributed by atoms with Crippen molar-refractivity contribution in [3.8, 4) is 6.07 Å². The molecular weight excluding hydrogens is 242 g/mol. The molecule has 0 aliphatic heterocycles. The maximum atomic E-state index is 8.69. The molecule has 0 radical (unpaired) electrons. The zero-order valence-corrected chi connectivity index (χ0v) is 9.85. The van der Waals surface area contributed by atoms with Crippen molar-refractivity contribution in [1.29, 1.82) is 5.26 Å². The van der Waals surface area contributed by atoms with E-state index in [1.807, 2.05) is 23.6 Å².